The van der Waals surface area contributed by atoms with Crippen LogP contribution in [0.4, 0.5) is 0 Å². The normalized spacial score (nSPS) is 24.1. The van der Waals surface area contributed by atoms with Gasteiger partial charge in [-0.2, -0.15) is 4.21 Å². The van der Waals surface area contributed by atoms with E-state index in [2.05, 4.69) is 20.7 Å². The van der Waals surface area contributed by atoms with E-state index in [4.69, 9.17) is 0 Å². The molecule has 0 radical (unpaired) electrons. The Kier molecular flexibility index (Phi) is 1.52. The highest BCUT2D eigenvalue weighted by molar-refractivity contribution is 7.79. The molecule has 1 atom stereocenters. The van der Waals surface area contributed by atoms with Crippen LogP contribution in [0.5, 0.6) is 0 Å². The lowest BCUT2D eigenvalue weighted by molar-refractivity contribution is 0.385. The van der Waals surface area contributed by atoms with Crippen molar-refractivity contribution in [2.45, 2.75) is 6.92 Å². The molecular formula is C4H6N2O2S. The van der Waals surface area contributed by atoms with Crippen molar-refractivity contribution in [2.24, 2.45) is 5.16 Å². The first kappa shape index (κ1) is 6.28. The first-order chi connectivity index (χ1) is 4.20. The van der Waals surface area contributed by atoms with Gasteiger partial charge in [0.2, 0.25) is 0 Å². The summed E-state index contributed by atoms with van der Waals surface area (Å²) < 4.78 is 17.1. The summed E-state index contributed by atoms with van der Waals surface area (Å²) in [6, 6.07) is 0. The van der Waals surface area contributed by atoms with E-state index in [0.29, 0.717) is 11.4 Å². The molecular weight excluding hydrogens is 140 g/mol. The summed E-state index contributed by atoms with van der Waals surface area (Å²) in [6.07, 6.45) is 0. The minimum Gasteiger partial charge on any atom is -0.269 e. The second kappa shape index (κ2) is 2.18. The van der Waals surface area contributed by atoms with E-state index in [1.807, 2.05) is 0 Å². The van der Waals surface area contributed by atoms with Crippen LogP contribution in [0.15, 0.2) is 17.3 Å². The van der Waals surface area contributed by atoms with E-state index < -0.39 is 11.3 Å². The van der Waals surface area contributed by atoms with Gasteiger partial charge in [-0.05, 0) is 17.7 Å². The second-order valence-electron chi connectivity index (χ2n) is 1.63. The van der Waals surface area contributed by atoms with Crippen molar-refractivity contribution < 1.29 is 8.49 Å². The number of amidine groups is 1. The number of hydrogen-bond donors (Lipinski definition) is 1. The fraction of sp³-hybridized carbons (Fsp3) is 0.250. The predicted molar refractivity (Wildman–Crippen MR) is 34.6 cm³/mol. The molecule has 1 aliphatic rings. The highest BCUT2D eigenvalue weighted by Crippen LogP contribution is 1.99. The zero-order valence-corrected chi connectivity index (χ0v) is 5.70. The van der Waals surface area contributed by atoms with Crippen LogP contribution >= 0.6 is 0 Å². The Balaban J connectivity index is 2.65. The van der Waals surface area contributed by atoms with Crippen molar-refractivity contribution >= 4 is 17.1 Å². The SMILES string of the molecule is C=C(C)C1=NOS(=O)N1. The Morgan fingerprint density at radius 1 is 2.00 bits per heavy atom. The van der Waals surface area contributed by atoms with Crippen LogP contribution in [-0.2, 0) is 15.6 Å². The molecule has 0 aromatic heterocycles. The van der Waals surface area contributed by atoms with Crippen LogP contribution in [0.1, 0.15) is 6.92 Å². The van der Waals surface area contributed by atoms with Crippen LogP contribution in [0.2, 0.25) is 0 Å². The maximum absolute atomic E-state index is 10.4. The monoisotopic (exact) mass is 146 g/mol. The molecule has 0 aliphatic carbocycles. The van der Waals surface area contributed by atoms with Crippen molar-refractivity contribution in [3.05, 3.63) is 12.2 Å². The fourth-order valence-corrected chi connectivity index (χ4v) is 0.901. The number of hydrogen-bond acceptors (Lipinski definition) is 3. The molecule has 50 valence electrons. The molecule has 0 saturated heterocycles. The molecule has 1 unspecified atom stereocenters. The van der Waals surface area contributed by atoms with Gasteiger partial charge < -0.3 is 0 Å². The lowest BCUT2D eigenvalue weighted by Crippen LogP contribution is -2.19. The van der Waals surface area contributed by atoms with E-state index in [1.54, 1.807) is 6.92 Å². The van der Waals surface area contributed by atoms with Crippen molar-refractivity contribution in [1.82, 2.24) is 4.72 Å². The van der Waals surface area contributed by atoms with Crippen molar-refractivity contribution in [3.63, 3.8) is 0 Å². The topological polar surface area (TPSA) is 50.7 Å². The van der Waals surface area contributed by atoms with Crippen molar-refractivity contribution in [3.8, 4) is 0 Å². The predicted octanol–water partition coefficient (Wildman–Crippen LogP) is 0.0745. The van der Waals surface area contributed by atoms with Crippen LogP contribution in [-0.4, -0.2) is 10.0 Å². The lowest BCUT2D eigenvalue weighted by atomic mass is 10.3. The molecule has 4 nitrogen and oxygen atoms in total. The van der Waals surface area contributed by atoms with Gasteiger partial charge in [0.1, 0.15) is 0 Å². The minimum absolute atomic E-state index is 0.452. The van der Waals surface area contributed by atoms with Crippen molar-refractivity contribution in [2.75, 3.05) is 0 Å². The first-order valence-electron chi connectivity index (χ1n) is 2.30. The molecule has 0 aromatic carbocycles. The molecule has 1 heterocycles. The van der Waals surface area contributed by atoms with E-state index in [1.165, 1.54) is 0 Å². The summed E-state index contributed by atoms with van der Waals surface area (Å²) in [5.41, 5.74) is 0.709. The van der Waals surface area contributed by atoms with Gasteiger partial charge in [0, 0.05) is 0 Å². The largest absolute Gasteiger partial charge is 0.338 e. The molecule has 1 aliphatic heterocycles. The summed E-state index contributed by atoms with van der Waals surface area (Å²) >= 11 is -1.49. The number of nitrogens with zero attached hydrogens (tertiary/aromatic N) is 1. The highest BCUT2D eigenvalue weighted by Gasteiger charge is 2.13. The Morgan fingerprint density at radius 3 is 2.89 bits per heavy atom. The molecule has 0 aromatic rings. The molecule has 0 bridgehead atoms. The summed E-state index contributed by atoms with van der Waals surface area (Å²) in [5, 5.41) is 3.42. The van der Waals surface area contributed by atoms with E-state index in [0.717, 1.165) is 0 Å². The third kappa shape index (κ3) is 1.29. The molecule has 1 N–H and O–H groups in total. The van der Waals surface area contributed by atoms with Gasteiger partial charge in [-0.3, -0.25) is 9.01 Å². The summed E-state index contributed by atoms with van der Waals surface area (Å²) in [7, 11) is 0. The molecule has 0 amide bonds. The molecule has 5 heteroatoms. The standard InChI is InChI=1S/C4H6N2O2S/c1-3(2)4-5-8-9(7)6-4/h1H2,2H3,(H,5,6). The molecule has 0 spiro atoms. The van der Waals surface area contributed by atoms with Gasteiger partial charge in [-0.1, -0.05) is 6.58 Å². The van der Waals surface area contributed by atoms with Gasteiger partial charge in [0.25, 0.3) is 0 Å². The minimum atomic E-state index is -1.49. The van der Waals surface area contributed by atoms with Crippen LogP contribution < -0.4 is 4.72 Å². The molecule has 1 rings (SSSR count). The molecule has 0 saturated carbocycles. The third-order valence-corrected chi connectivity index (χ3v) is 1.35. The maximum Gasteiger partial charge on any atom is 0.338 e. The van der Waals surface area contributed by atoms with Crippen LogP contribution in [0.3, 0.4) is 0 Å². The number of oxime groups is 1. The lowest BCUT2D eigenvalue weighted by Gasteiger charge is -1.90. The maximum atomic E-state index is 10.4. The number of nitrogens with one attached hydrogen (secondary N) is 1. The number of rotatable bonds is 1. The zero-order valence-electron chi connectivity index (χ0n) is 4.88. The smallest absolute Gasteiger partial charge is 0.269 e. The first-order valence-corrected chi connectivity index (χ1v) is 3.37. The Labute approximate surface area is 55.4 Å². The van der Waals surface area contributed by atoms with Gasteiger partial charge in [0.05, 0.1) is 0 Å². The Bertz CT molecular complexity index is 199. The zero-order chi connectivity index (χ0) is 6.85. The van der Waals surface area contributed by atoms with Gasteiger partial charge in [-0.25, -0.2) is 0 Å². The summed E-state index contributed by atoms with van der Waals surface area (Å²) in [6.45, 7) is 5.31. The third-order valence-electron chi connectivity index (χ3n) is 0.781. The van der Waals surface area contributed by atoms with Gasteiger partial charge in [-0.15, -0.1) is 0 Å². The second-order valence-corrected chi connectivity index (χ2v) is 2.45. The van der Waals surface area contributed by atoms with Gasteiger partial charge in [0.15, 0.2) is 5.84 Å². The van der Waals surface area contributed by atoms with Gasteiger partial charge >= 0.3 is 11.3 Å². The fourth-order valence-electron chi connectivity index (χ4n) is 0.352. The Hall–Kier alpha value is -0.840. The average Bonchev–Trinajstić information content (AvgIpc) is 2.14. The quantitative estimate of drug-likeness (QED) is 0.569. The molecule has 9 heavy (non-hydrogen) atoms. The van der Waals surface area contributed by atoms with E-state index in [-0.39, 0.29) is 0 Å². The molecule has 0 fully saturated rings. The highest BCUT2D eigenvalue weighted by atomic mass is 32.2. The van der Waals surface area contributed by atoms with Crippen molar-refractivity contribution in [1.29, 1.82) is 0 Å². The summed E-state index contributed by atoms with van der Waals surface area (Å²) in [4.78, 5) is 0. The average molecular weight is 146 g/mol. The van der Waals surface area contributed by atoms with Crippen LogP contribution in [0.25, 0.3) is 0 Å². The Morgan fingerprint density at radius 2 is 2.67 bits per heavy atom. The van der Waals surface area contributed by atoms with E-state index >= 15 is 0 Å². The van der Waals surface area contributed by atoms with Crippen LogP contribution in [0, 0.1) is 0 Å². The summed E-state index contributed by atoms with van der Waals surface area (Å²) in [5.74, 6) is 0.452. The van der Waals surface area contributed by atoms with E-state index in [9.17, 15) is 4.21 Å².